The maximum absolute atomic E-state index is 13.2. The Hall–Kier alpha value is -1.06. The third-order valence-electron chi connectivity index (χ3n) is 6.23. The van der Waals surface area contributed by atoms with Gasteiger partial charge in [0.15, 0.2) is 0 Å². The summed E-state index contributed by atoms with van der Waals surface area (Å²) in [5.41, 5.74) is -0.396. The first-order chi connectivity index (χ1) is 10.7. The van der Waals surface area contributed by atoms with Gasteiger partial charge in [0.25, 0.3) is 0 Å². The van der Waals surface area contributed by atoms with Gasteiger partial charge < -0.3 is 9.64 Å². The first-order valence-electron chi connectivity index (χ1n) is 9.12. The zero-order chi connectivity index (χ0) is 16.8. The van der Waals surface area contributed by atoms with Gasteiger partial charge >= 0.3 is 5.97 Å². The minimum absolute atomic E-state index is 0.00708. The predicted molar refractivity (Wildman–Crippen MR) is 88.7 cm³/mol. The average Bonchev–Trinajstić information content (AvgIpc) is 2.44. The van der Waals surface area contributed by atoms with Crippen LogP contribution < -0.4 is 0 Å². The second-order valence-corrected chi connectivity index (χ2v) is 9.17. The summed E-state index contributed by atoms with van der Waals surface area (Å²) in [6, 6.07) is 0. The number of rotatable bonds is 4. The fraction of sp³-hybridized carbons (Fsp3) is 0.895. The number of amides is 1. The second-order valence-electron chi connectivity index (χ2n) is 9.17. The van der Waals surface area contributed by atoms with Crippen molar-refractivity contribution in [2.45, 2.75) is 71.3 Å². The van der Waals surface area contributed by atoms with Gasteiger partial charge in [-0.15, -0.1) is 0 Å². The van der Waals surface area contributed by atoms with Crippen molar-refractivity contribution in [1.29, 1.82) is 0 Å². The van der Waals surface area contributed by atoms with Crippen molar-refractivity contribution in [3.63, 3.8) is 0 Å². The lowest BCUT2D eigenvalue weighted by Gasteiger charge is -2.61. The molecule has 0 unspecified atom stereocenters. The number of carbonyl (C=O) groups is 2. The number of nitrogens with zero attached hydrogens (tertiary/aromatic N) is 1. The van der Waals surface area contributed by atoms with Crippen molar-refractivity contribution in [3.05, 3.63) is 0 Å². The van der Waals surface area contributed by atoms with Crippen molar-refractivity contribution >= 4 is 11.9 Å². The Bertz CT molecular complexity index is 456. The molecule has 0 radical (unpaired) electrons. The normalized spacial score (nSPS) is 35.2. The van der Waals surface area contributed by atoms with Crippen LogP contribution in [0.1, 0.15) is 65.7 Å². The number of esters is 1. The van der Waals surface area contributed by atoms with Crippen LogP contribution in [0, 0.1) is 23.2 Å². The Morgan fingerprint density at radius 2 is 1.52 bits per heavy atom. The molecule has 0 aromatic rings. The maximum Gasteiger partial charge on any atom is 0.307 e. The van der Waals surface area contributed by atoms with E-state index in [9.17, 15) is 9.59 Å². The van der Waals surface area contributed by atoms with E-state index in [-0.39, 0.29) is 17.4 Å². The monoisotopic (exact) mass is 321 g/mol. The number of hydrogen-bond acceptors (Lipinski definition) is 3. The first-order valence-corrected chi connectivity index (χ1v) is 9.12. The van der Waals surface area contributed by atoms with Crippen LogP contribution >= 0.6 is 0 Å². The van der Waals surface area contributed by atoms with E-state index in [1.807, 2.05) is 20.8 Å². The molecule has 130 valence electrons. The average molecular weight is 321 g/mol. The Balaban J connectivity index is 1.85. The third kappa shape index (κ3) is 3.14. The van der Waals surface area contributed by atoms with Crippen molar-refractivity contribution < 1.29 is 14.3 Å². The molecule has 4 aliphatic rings. The Kier molecular flexibility index (Phi) is 4.22. The summed E-state index contributed by atoms with van der Waals surface area (Å²) < 4.78 is 4.81. The molecule has 0 heterocycles. The lowest BCUT2D eigenvalue weighted by atomic mass is 9.52. The molecule has 23 heavy (non-hydrogen) atoms. The van der Waals surface area contributed by atoms with E-state index in [4.69, 9.17) is 4.74 Å². The zero-order valence-electron chi connectivity index (χ0n) is 15.1. The van der Waals surface area contributed by atoms with Gasteiger partial charge in [-0.2, -0.15) is 0 Å². The van der Waals surface area contributed by atoms with E-state index in [0.29, 0.717) is 13.0 Å². The van der Waals surface area contributed by atoms with Crippen LogP contribution in [-0.2, 0) is 14.3 Å². The van der Waals surface area contributed by atoms with Crippen LogP contribution in [0.2, 0.25) is 0 Å². The Labute approximate surface area is 139 Å². The van der Waals surface area contributed by atoms with E-state index in [1.54, 1.807) is 0 Å². The molecule has 4 aliphatic carbocycles. The number of hydrogen-bond donors (Lipinski definition) is 0. The van der Waals surface area contributed by atoms with Crippen molar-refractivity contribution in [2.24, 2.45) is 23.2 Å². The molecular formula is C19H31NO3. The molecule has 4 fully saturated rings. The van der Waals surface area contributed by atoms with Gasteiger partial charge in [-0.3, -0.25) is 9.59 Å². The zero-order valence-corrected chi connectivity index (χ0v) is 15.1. The van der Waals surface area contributed by atoms with E-state index in [2.05, 4.69) is 4.90 Å². The molecule has 0 atom stereocenters. The quantitative estimate of drug-likeness (QED) is 0.746. The van der Waals surface area contributed by atoms with Crippen LogP contribution in [0.3, 0.4) is 0 Å². The lowest BCUT2D eigenvalue weighted by Crippen LogP contribution is -2.63. The summed E-state index contributed by atoms with van der Waals surface area (Å²) in [4.78, 5) is 26.9. The molecule has 0 N–H and O–H groups in total. The molecule has 4 heteroatoms. The number of carbonyl (C=O) groups excluding carboxylic acids is 2. The van der Waals surface area contributed by atoms with E-state index in [1.165, 1.54) is 26.4 Å². The van der Waals surface area contributed by atoms with Crippen molar-refractivity contribution in [3.8, 4) is 0 Å². The van der Waals surface area contributed by atoms with E-state index in [0.717, 1.165) is 37.0 Å². The van der Waals surface area contributed by atoms with Gasteiger partial charge in [-0.25, -0.2) is 0 Å². The SMILES string of the molecule is COC(=O)CCN(C(=O)C(C)(C)C)C12CC3CC(CC(C3)C1)C2. The molecule has 0 aliphatic heterocycles. The smallest absolute Gasteiger partial charge is 0.307 e. The van der Waals surface area contributed by atoms with Gasteiger partial charge in [0.2, 0.25) is 5.91 Å². The minimum Gasteiger partial charge on any atom is -0.469 e. The van der Waals surface area contributed by atoms with E-state index < -0.39 is 5.41 Å². The summed E-state index contributed by atoms with van der Waals surface area (Å²) in [5, 5.41) is 0. The number of ether oxygens (including phenoxy) is 1. The highest BCUT2D eigenvalue weighted by Gasteiger charge is 2.55. The molecule has 4 nitrogen and oxygen atoms in total. The van der Waals surface area contributed by atoms with Crippen molar-refractivity contribution in [2.75, 3.05) is 13.7 Å². The fourth-order valence-electron chi connectivity index (χ4n) is 5.66. The van der Waals surface area contributed by atoms with Crippen molar-refractivity contribution in [1.82, 2.24) is 4.90 Å². The second kappa shape index (κ2) is 5.78. The Morgan fingerprint density at radius 3 is 1.91 bits per heavy atom. The molecule has 0 aromatic carbocycles. The van der Waals surface area contributed by atoms with Gasteiger partial charge in [-0.1, -0.05) is 20.8 Å². The topological polar surface area (TPSA) is 46.6 Å². The summed E-state index contributed by atoms with van der Waals surface area (Å²) in [5.74, 6) is 2.34. The first kappa shape index (κ1) is 16.8. The molecule has 4 rings (SSSR count). The molecule has 0 aromatic heterocycles. The van der Waals surface area contributed by atoms with Gasteiger partial charge in [0, 0.05) is 17.5 Å². The minimum atomic E-state index is -0.403. The maximum atomic E-state index is 13.2. The van der Waals surface area contributed by atoms with Gasteiger partial charge in [0.1, 0.15) is 0 Å². The van der Waals surface area contributed by atoms with Crippen LogP contribution in [-0.4, -0.2) is 36.0 Å². The largest absolute Gasteiger partial charge is 0.469 e. The molecule has 1 amide bonds. The van der Waals surface area contributed by atoms with Crippen LogP contribution in [0.4, 0.5) is 0 Å². The summed E-state index contributed by atoms with van der Waals surface area (Å²) >= 11 is 0. The van der Waals surface area contributed by atoms with E-state index >= 15 is 0 Å². The summed E-state index contributed by atoms with van der Waals surface area (Å²) in [6.07, 6.45) is 7.79. The number of methoxy groups -OCH3 is 1. The summed E-state index contributed by atoms with van der Waals surface area (Å²) in [6.45, 7) is 6.47. The molecule has 4 bridgehead atoms. The molecule has 0 saturated heterocycles. The standard InChI is InChI=1S/C19H31NO3/c1-18(2,3)17(22)20(6-5-16(21)23-4)19-10-13-7-14(11-19)9-15(8-13)12-19/h13-15H,5-12H2,1-4H3. The molecular weight excluding hydrogens is 290 g/mol. The van der Waals surface area contributed by atoms with Crippen LogP contribution in [0.15, 0.2) is 0 Å². The highest BCUT2D eigenvalue weighted by molar-refractivity contribution is 5.83. The molecule has 0 spiro atoms. The third-order valence-corrected chi connectivity index (χ3v) is 6.23. The predicted octanol–water partition coefficient (Wildman–Crippen LogP) is 3.39. The molecule has 4 saturated carbocycles. The highest BCUT2D eigenvalue weighted by Crippen LogP contribution is 2.58. The van der Waals surface area contributed by atoms with Gasteiger partial charge in [-0.05, 0) is 56.3 Å². The van der Waals surface area contributed by atoms with Gasteiger partial charge in [0.05, 0.1) is 13.5 Å². The summed E-state index contributed by atoms with van der Waals surface area (Å²) in [7, 11) is 1.42. The Morgan fingerprint density at radius 1 is 1.04 bits per heavy atom. The fourth-order valence-corrected chi connectivity index (χ4v) is 5.66. The lowest BCUT2D eigenvalue weighted by molar-refractivity contribution is -0.160. The highest BCUT2D eigenvalue weighted by atomic mass is 16.5. The van der Waals surface area contributed by atoms with Crippen LogP contribution in [0.25, 0.3) is 0 Å². The van der Waals surface area contributed by atoms with Crippen LogP contribution in [0.5, 0.6) is 0 Å².